The molecule has 128 valence electrons. The Morgan fingerprint density at radius 1 is 1.12 bits per heavy atom. The van der Waals surface area contributed by atoms with Crippen LogP contribution in [0.3, 0.4) is 0 Å². The van der Waals surface area contributed by atoms with Crippen LogP contribution in [0, 0.1) is 0 Å². The number of nitrogens with zero attached hydrogens (tertiary/aromatic N) is 2. The Bertz CT molecular complexity index is 683. The summed E-state index contributed by atoms with van der Waals surface area (Å²) in [4.78, 5) is 13.9. The average Bonchev–Trinajstić information content (AvgIpc) is 2.48. The topological polar surface area (TPSA) is 45.5 Å². The Kier molecular flexibility index (Phi) is 5.28. The van der Waals surface area contributed by atoms with E-state index < -0.39 is 6.36 Å². The van der Waals surface area contributed by atoms with E-state index in [4.69, 9.17) is 0 Å². The van der Waals surface area contributed by atoms with Crippen molar-refractivity contribution in [2.24, 2.45) is 0 Å². The molecule has 2 rings (SSSR count). The zero-order valence-electron chi connectivity index (χ0n) is 13.2. The average molecular weight is 340 g/mol. The first-order valence-corrected chi connectivity index (χ1v) is 7.05. The molecule has 0 saturated carbocycles. The lowest BCUT2D eigenvalue weighted by Gasteiger charge is -2.10. The summed E-state index contributed by atoms with van der Waals surface area (Å²) < 4.78 is 41.7. The van der Waals surface area contributed by atoms with Gasteiger partial charge in [0.05, 0.1) is 0 Å². The summed E-state index contributed by atoms with van der Waals surface area (Å²) >= 11 is 0. The van der Waals surface area contributed by atoms with E-state index in [9.17, 15) is 18.0 Å². The number of carbonyl (C=O) groups excluding carboxylic acids is 1. The molecule has 1 amide bonds. The first kappa shape index (κ1) is 17.6. The van der Waals surface area contributed by atoms with E-state index in [1.807, 2.05) is 31.1 Å². The zero-order valence-corrected chi connectivity index (χ0v) is 13.2. The van der Waals surface area contributed by atoms with E-state index in [1.165, 1.54) is 12.1 Å². The number of benzene rings is 1. The number of amides is 1. The zero-order chi connectivity index (χ0) is 17.7. The Balaban J connectivity index is 1.92. The SMILES string of the molecule is CN(C)c1cc[n+](CC(=O)Nc2ccc(OC(F)(F)F)cc2)cc1. The molecular weight excluding hydrogens is 323 g/mol. The van der Waals surface area contributed by atoms with Crippen LogP contribution < -0.4 is 19.5 Å². The Hall–Kier alpha value is -2.77. The molecule has 0 atom stereocenters. The predicted molar refractivity (Wildman–Crippen MR) is 82.7 cm³/mol. The van der Waals surface area contributed by atoms with Crippen molar-refractivity contribution in [1.29, 1.82) is 0 Å². The summed E-state index contributed by atoms with van der Waals surface area (Å²) in [5.74, 6) is -0.628. The minimum absolute atomic E-state index is 0.0918. The normalized spacial score (nSPS) is 11.0. The maximum absolute atomic E-state index is 12.1. The molecule has 0 saturated heterocycles. The summed E-state index contributed by atoms with van der Waals surface area (Å²) in [6.07, 6.45) is -1.19. The Morgan fingerprint density at radius 3 is 2.21 bits per heavy atom. The van der Waals surface area contributed by atoms with Gasteiger partial charge in [-0.1, -0.05) is 0 Å². The van der Waals surface area contributed by atoms with Gasteiger partial charge in [-0.15, -0.1) is 13.2 Å². The molecule has 0 fully saturated rings. The molecule has 0 aliphatic carbocycles. The van der Waals surface area contributed by atoms with Gasteiger partial charge in [0.15, 0.2) is 12.4 Å². The molecule has 1 aromatic heterocycles. The molecular formula is C16H17F3N3O2+. The molecule has 1 N–H and O–H groups in total. The minimum atomic E-state index is -4.74. The number of nitrogens with one attached hydrogen (secondary N) is 1. The van der Waals surface area contributed by atoms with Gasteiger partial charge in [0.2, 0.25) is 6.54 Å². The van der Waals surface area contributed by atoms with Crippen molar-refractivity contribution in [3.8, 4) is 5.75 Å². The third kappa shape index (κ3) is 5.45. The molecule has 8 heteroatoms. The van der Waals surface area contributed by atoms with Crippen LogP contribution in [0.25, 0.3) is 0 Å². The van der Waals surface area contributed by atoms with Crippen molar-refractivity contribution in [2.75, 3.05) is 24.3 Å². The van der Waals surface area contributed by atoms with Crippen LogP contribution in [0.15, 0.2) is 48.8 Å². The van der Waals surface area contributed by atoms with Gasteiger partial charge in [0.1, 0.15) is 5.75 Å². The van der Waals surface area contributed by atoms with E-state index in [0.29, 0.717) is 5.69 Å². The summed E-state index contributed by atoms with van der Waals surface area (Å²) in [5, 5.41) is 2.61. The fraction of sp³-hybridized carbons (Fsp3) is 0.250. The second-order valence-electron chi connectivity index (χ2n) is 5.24. The molecule has 2 aromatic rings. The highest BCUT2D eigenvalue weighted by Crippen LogP contribution is 2.23. The fourth-order valence-corrected chi connectivity index (χ4v) is 1.96. The lowest BCUT2D eigenvalue weighted by atomic mass is 10.3. The number of carbonyl (C=O) groups is 1. The molecule has 1 heterocycles. The maximum atomic E-state index is 12.1. The molecule has 0 bridgehead atoms. The Morgan fingerprint density at radius 2 is 1.71 bits per heavy atom. The highest BCUT2D eigenvalue weighted by molar-refractivity contribution is 5.89. The van der Waals surface area contributed by atoms with Gasteiger partial charge in [-0.3, -0.25) is 4.79 Å². The first-order valence-electron chi connectivity index (χ1n) is 7.05. The fourth-order valence-electron chi connectivity index (χ4n) is 1.96. The molecule has 0 unspecified atom stereocenters. The lowest BCUT2D eigenvalue weighted by molar-refractivity contribution is -0.684. The van der Waals surface area contributed by atoms with Gasteiger partial charge in [0.25, 0.3) is 5.91 Å². The van der Waals surface area contributed by atoms with Crippen molar-refractivity contribution in [2.45, 2.75) is 12.9 Å². The van der Waals surface area contributed by atoms with Gasteiger partial charge < -0.3 is 15.0 Å². The second-order valence-corrected chi connectivity index (χ2v) is 5.24. The molecule has 5 nitrogen and oxygen atoms in total. The van der Waals surface area contributed by atoms with E-state index in [-0.39, 0.29) is 18.2 Å². The van der Waals surface area contributed by atoms with E-state index in [1.54, 1.807) is 17.0 Å². The molecule has 0 spiro atoms. The van der Waals surface area contributed by atoms with E-state index in [2.05, 4.69) is 10.1 Å². The monoisotopic (exact) mass is 340 g/mol. The van der Waals surface area contributed by atoms with Gasteiger partial charge in [-0.25, -0.2) is 0 Å². The number of hydrogen-bond acceptors (Lipinski definition) is 3. The summed E-state index contributed by atoms with van der Waals surface area (Å²) in [6, 6.07) is 8.72. The van der Waals surface area contributed by atoms with Crippen LogP contribution in [-0.4, -0.2) is 26.4 Å². The quantitative estimate of drug-likeness (QED) is 0.851. The number of anilines is 2. The lowest BCUT2D eigenvalue weighted by Crippen LogP contribution is -2.39. The van der Waals surface area contributed by atoms with Crippen LogP contribution in [0.4, 0.5) is 24.5 Å². The minimum Gasteiger partial charge on any atom is -0.406 e. The van der Waals surface area contributed by atoms with Gasteiger partial charge in [0, 0.05) is 37.6 Å². The van der Waals surface area contributed by atoms with Gasteiger partial charge in [-0.2, -0.15) is 4.57 Å². The second kappa shape index (κ2) is 7.20. The number of alkyl halides is 3. The number of hydrogen-bond donors (Lipinski definition) is 1. The van der Waals surface area contributed by atoms with E-state index in [0.717, 1.165) is 17.8 Å². The highest BCUT2D eigenvalue weighted by atomic mass is 19.4. The molecule has 1 aromatic carbocycles. The number of rotatable bonds is 5. The number of ether oxygens (including phenoxy) is 1. The van der Waals surface area contributed by atoms with Crippen LogP contribution in [0.1, 0.15) is 0 Å². The molecule has 0 aliphatic heterocycles. The smallest absolute Gasteiger partial charge is 0.406 e. The number of aromatic nitrogens is 1. The van der Waals surface area contributed by atoms with Crippen LogP contribution >= 0.6 is 0 Å². The van der Waals surface area contributed by atoms with Crippen LogP contribution in [0.5, 0.6) is 5.75 Å². The van der Waals surface area contributed by atoms with Crippen LogP contribution in [-0.2, 0) is 11.3 Å². The van der Waals surface area contributed by atoms with E-state index >= 15 is 0 Å². The summed E-state index contributed by atoms with van der Waals surface area (Å²) in [6.45, 7) is 0.0918. The summed E-state index contributed by atoms with van der Waals surface area (Å²) in [5.41, 5.74) is 1.40. The van der Waals surface area contributed by atoms with Crippen molar-refractivity contribution in [3.63, 3.8) is 0 Å². The molecule has 0 radical (unpaired) electrons. The summed E-state index contributed by atoms with van der Waals surface area (Å²) in [7, 11) is 3.83. The van der Waals surface area contributed by atoms with Crippen molar-refractivity contribution in [1.82, 2.24) is 0 Å². The van der Waals surface area contributed by atoms with Crippen molar-refractivity contribution < 1.29 is 27.3 Å². The predicted octanol–water partition coefficient (Wildman–Crippen LogP) is 2.58. The van der Waals surface area contributed by atoms with Crippen molar-refractivity contribution in [3.05, 3.63) is 48.8 Å². The number of pyridine rings is 1. The third-order valence-electron chi connectivity index (χ3n) is 3.09. The van der Waals surface area contributed by atoms with Crippen molar-refractivity contribution >= 4 is 17.3 Å². The first-order chi connectivity index (χ1) is 11.2. The van der Waals surface area contributed by atoms with Crippen LogP contribution in [0.2, 0.25) is 0 Å². The Labute approximate surface area is 137 Å². The standard InChI is InChI=1S/C16H16F3N3O2/c1-21(2)13-7-9-22(10-8-13)11-15(23)20-12-3-5-14(6-4-12)24-16(17,18)19/h3-10H,11H2,1-2H3/p+1. The van der Waals surface area contributed by atoms with Gasteiger partial charge in [-0.05, 0) is 24.3 Å². The number of halogens is 3. The third-order valence-corrected chi connectivity index (χ3v) is 3.09. The largest absolute Gasteiger partial charge is 0.573 e. The van der Waals surface area contributed by atoms with Gasteiger partial charge >= 0.3 is 6.36 Å². The highest BCUT2D eigenvalue weighted by Gasteiger charge is 2.30. The molecule has 0 aliphatic rings. The maximum Gasteiger partial charge on any atom is 0.573 e. The molecule has 24 heavy (non-hydrogen) atoms.